The fraction of sp³-hybridized carbons (Fsp3) is 0.167. The molecule has 0 aliphatic rings. The van der Waals surface area contributed by atoms with E-state index in [0.717, 1.165) is 23.5 Å². The number of aromatic nitrogens is 1. The van der Waals surface area contributed by atoms with Crippen molar-refractivity contribution >= 4 is 33.3 Å². The maximum Gasteiger partial charge on any atom is 0.433 e. The zero-order chi connectivity index (χ0) is 20.6. The smallest absolute Gasteiger partial charge is 0.433 e. The molecule has 3 aromatic rings. The highest BCUT2D eigenvalue weighted by molar-refractivity contribution is 7.20. The second kappa shape index (κ2) is 7.12. The van der Waals surface area contributed by atoms with Crippen LogP contribution in [0.25, 0.3) is 10.2 Å². The van der Waals surface area contributed by atoms with E-state index in [1.165, 1.54) is 25.1 Å². The van der Waals surface area contributed by atoms with Crippen molar-refractivity contribution in [3.63, 3.8) is 0 Å². The molecule has 0 saturated carbocycles. The molecule has 6 nitrogen and oxygen atoms in total. The molecule has 0 aliphatic heterocycles. The lowest BCUT2D eigenvalue weighted by Gasteiger charge is -2.06. The van der Waals surface area contributed by atoms with Crippen LogP contribution < -0.4 is 0 Å². The quantitative estimate of drug-likeness (QED) is 0.496. The number of ketones is 1. The molecule has 2 heterocycles. The van der Waals surface area contributed by atoms with Gasteiger partial charge in [0.25, 0.3) is 0 Å². The van der Waals surface area contributed by atoms with Gasteiger partial charge in [0, 0.05) is 11.5 Å². The Labute approximate surface area is 159 Å². The molecule has 0 radical (unpaired) electrons. The number of fused-ring (bicyclic) bond motifs is 1. The molecule has 0 atom stereocenters. The predicted octanol–water partition coefficient (Wildman–Crippen LogP) is 4.07. The van der Waals surface area contributed by atoms with Gasteiger partial charge in [-0.1, -0.05) is 0 Å². The molecule has 146 valence electrons. The van der Waals surface area contributed by atoms with Gasteiger partial charge in [0.05, 0.1) is 5.56 Å². The number of aromatic hydroxyl groups is 2. The number of thiophene rings is 1. The monoisotopic (exact) mass is 411 g/mol. The van der Waals surface area contributed by atoms with Gasteiger partial charge in [0.2, 0.25) is 5.78 Å². The number of carbonyl (C=O) groups is 2. The molecule has 1 aromatic carbocycles. The first-order valence-corrected chi connectivity index (χ1v) is 8.59. The molecule has 28 heavy (non-hydrogen) atoms. The summed E-state index contributed by atoms with van der Waals surface area (Å²) >= 11 is 0.735. The van der Waals surface area contributed by atoms with E-state index in [4.69, 9.17) is 4.74 Å². The second-order valence-electron chi connectivity index (χ2n) is 5.80. The Bertz CT molecular complexity index is 1090. The molecule has 10 heteroatoms. The van der Waals surface area contributed by atoms with Crippen molar-refractivity contribution < 1.29 is 37.7 Å². The summed E-state index contributed by atoms with van der Waals surface area (Å²) in [5, 5.41) is 19.3. The van der Waals surface area contributed by atoms with Crippen LogP contribution in [0.15, 0.2) is 30.3 Å². The van der Waals surface area contributed by atoms with E-state index in [-0.39, 0.29) is 21.0 Å². The maximum absolute atomic E-state index is 12.8. The Morgan fingerprint density at radius 3 is 2.54 bits per heavy atom. The van der Waals surface area contributed by atoms with Crippen LogP contribution in [0.4, 0.5) is 13.2 Å². The number of pyridine rings is 1. The Morgan fingerprint density at radius 1 is 1.18 bits per heavy atom. The molecular weight excluding hydrogens is 399 g/mol. The second-order valence-corrected chi connectivity index (χ2v) is 6.80. The number of Topliss-reactive ketones (excluding diaryl/α,β-unsaturated/α-hetero) is 1. The predicted molar refractivity (Wildman–Crippen MR) is 93.7 cm³/mol. The molecule has 2 aromatic heterocycles. The number of rotatable bonds is 4. The number of carbonyl (C=O) groups excluding carboxylic acids is 2. The first-order chi connectivity index (χ1) is 13.1. The normalized spacial score (nSPS) is 11.6. The number of hydrogen-bond donors (Lipinski definition) is 2. The standard InChI is InChI=1S/C18H12F3NO5S/c1-8-10-4-5-14(18(19,20)21)22-16(10)28-15(8)17(26)27-7-13(25)11-3-2-9(23)6-12(11)24/h2-6,23-24H,7H2,1H3. The van der Waals surface area contributed by atoms with Gasteiger partial charge in [-0.2, -0.15) is 13.2 Å². The fourth-order valence-corrected chi connectivity index (χ4v) is 3.56. The Kier molecular flexibility index (Phi) is 4.99. The minimum Gasteiger partial charge on any atom is -0.508 e. The van der Waals surface area contributed by atoms with Crippen molar-refractivity contribution in [2.24, 2.45) is 0 Å². The molecule has 0 bridgehead atoms. The van der Waals surface area contributed by atoms with Gasteiger partial charge in [0.15, 0.2) is 6.61 Å². The van der Waals surface area contributed by atoms with Gasteiger partial charge in [-0.15, -0.1) is 11.3 Å². The number of nitrogens with zero attached hydrogens (tertiary/aromatic N) is 1. The number of benzene rings is 1. The molecule has 0 amide bonds. The first-order valence-electron chi connectivity index (χ1n) is 7.77. The van der Waals surface area contributed by atoms with Crippen molar-refractivity contribution in [3.05, 3.63) is 52.0 Å². The van der Waals surface area contributed by atoms with Crippen LogP contribution >= 0.6 is 11.3 Å². The van der Waals surface area contributed by atoms with Crippen LogP contribution in [0, 0.1) is 6.92 Å². The SMILES string of the molecule is Cc1c(C(=O)OCC(=O)c2ccc(O)cc2O)sc2nc(C(F)(F)F)ccc12. The summed E-state index contributed by atoms with van der Waals surface area (Å²) in [7, 11) is 0. The Hall–Kier alpha value is -3.14. The van der Waals surface area contributed by atoms with Crippen LogP contribution in [-0.4, -0.2) is 33.6 Å². The van der Waals surface area contributed by atoms with E-state index in [0.29, 0.717) is 10.9 Å². The first kappa shape index (κ1) is 19.6. The minimum absolute atomic E-state index is 0.0294. The number of esters is 1. The van der Waals surface area contributed by atoms with E-state index in [1.807, 2.05) is 0 Å². The van der Waals surface area contributed by atoms with Crippen LogP contribution in [0.2, 0.25) is 0 Å². The zero-order valence-electron chi connectivity index (χ0n) is 14.2. The van der Waals surface area contributed by atoms with Crippen LogP contribution in [0.5, 0.6) is 11.5 Å². The van der Waals surface area contributed by atoms with Gasteiger partial charge >= 0.3 is 12.1 Å². The van der Waals surface area contributed by atoms with Gasteiger partial charge < -0.3 is 14.9 Å². The number of halogens is 3. The van der Waals surface area contributed by atoms with Gasteiger partial charge in [-0.3, -0.25) is 4.79 Å². The lowest BCUT2D eigenvalue weighted by Crippen LogP contribution is -2.14. The summed E-state index contributed by atoms with van der Waals surface area (Å²) in [5.41, 5.74) is -0.819. The van der Waals surface area contributed by atoms with E-state index >= 15 is 0 Å². The number of aryl methyl sites for hydroxylation is 1. The van der Waals surface area contributed by atoms with Gasteiger partial charge in [0.1, 0.15) is 26.9 Å². The van der Waals surface area contributed by atoms with Crippen molar-refractivity contribution in [2.75, 3.05) is 6.61 Å². The van der Waals surface area contributed by atoms with E-state index in [9.17, 15) is 33.0 Å². The van der Waals surface area contributed by atoms with Gasteiger partial charge in [-0.25, -0.2) is 9.78 Å². The van der Waals surface area contributed by atoms with Crippen LogP contribution in [-0.2, 0) is 10.9 Å². The summed E-state index contributed by atoms with van der Waals surface area (Å²) in [6, 6.07) is 5.39. The molecule has 0 spiro atoms. The summed E-state index contributed by atoms with van der Waals surface area (Å²) in [5.74, 6) is -2.30. The number of ether oxygens (including phenoxy) is 1. The molecule has 0 unspecified atom stereocenters. The minimum atomic E-state index is -4.61. The number of phenols is 2. The third kappa shape index (κ3) is 3.77. The van der Waals surface area contributed by atoms with Crippen LogP contribution in [0.3, 0.4) is 0 Å². The topological polar surface area (TPSA) is 96.7 Å². The average Bonchev–Trinajstić information content (AvgIpc) is 2.95. The van der Waals surface area contributed by atoms with Crippen molar-refractivity contribution in [3.8, 4) is 11.5 Å². The van der Waals surface area contributed by atoms with E-state index < -0.39 is 36.0 Å². The maximum atomic E-state index is 12.8. The fourth-order valence-electron chi connectivity index (χ4n) is 2.48. The van der Waals surface area contributed by atoms with Crippen LogP contribution in [0.1, 0.15) is 31.3 Å². The molecular formula is C18H12F3NO5S. The van der Waals surface area contributed by atoms with Crippen molar-refractivity contribution in [1.29, 1.82) is 0 Å². The summed E-state index contributed by atoms with van der Waals surface area (Å²) < 4.78 is 43.3. The molecule has 3 rings (SSSR count). The molecule has 2 N–H and O–H groups in total. The number of hydrogen-bond acceptors (Lipinski definition) is 7. The van der Waals surface area contributed by atoms with Crippen molar-refractivity contribution in [1.82, 2.24) is 4.98 Å². The van der Waals surface area contributed by atoms with E-state index in [1.54, 1.807) is 0 Å². The Morgan fingerprint density at radius 2 is 1.89 bits per heavy atom. The summed E-state index contributed by atoms with van der Waals surface area (Å²) in [6.07, 6.45) is -4.61. The molecule has 0 fully saturated rings. The largest absolute Gasteiger partial charge is 0.508 e. The lowest BCUT2D eigenvalue weighted by atomic mass is 10.1. The third-order valence-electron chi connectivity index (χ3n) is 3.90. The van der Waals surface area contributed by atoms with Gasteiger partial charge in [-0.05, 0) is 36.8 Å². The third-order valence-corrected chi connectivity index (χ3v) is 5.08. The highest BCUT2D eigenvalue weighted by atomic mass is 32.1. The summed E-state index contributed by atoms with van der Waals surface area (Å²) in [6.45, 7) is 0.851. The number of phenolic OH excluding ortho intramolecular Hbond substituents is 2. The molecule has 0 saturated heterocycles. The number of alkyl halides is 3. The highest BCUT2D eigenvalue weighted by Crippen LogP contribution is 2.34. The van der Waals surface area contributed by atoms with E-state index in [2.05, 4.69) is 4.98 Å². The van der Waals surface area contributed by atoms with Crippen molar-refractivity contribution in [2.45, 2.75) is 13.1 Å². The molecule has 0 aliphatic carbocycles. The summed E-state index contributed by atoms with van der Waals surface area (Å²) in [4.78, 5) is 27.9. The highest BCUT2D eigenvalue weighted by Gasteiger charge is 2.33. The lowest BCUT2D eigenvalue weighted by molar-refractivity contribution is -0.140. The Balaban J connectivity index is 1.79. The average molecular weight is 411 g/mol. The zero-order valence-corrected chi connectivity index (χ0v) is 15.0.